The zero-order chi connectivity index (χ0) is 17.5. The van der Waals surface area contributed by atoms with Gasteiger partial charge in [-0.05, 0) is 6.42 Å². The highest BCUT2D eigenvalue weighted by Crippen LogP contribution is 2.33. The number of carbonyl (C=O) groups is 2. The fraction of sp³-hybridized carbons (Fsp3) is 0.444. The van der Waals surface area contributed by atoms with E-state index in [0.29, 0.717) is 12.6 Å². The van der Waals surface area contributed by atoms with E-state index in [1.54, 1.807) is 7.05 Å². The first-order valence-corrected chi connectivity index (χ1v) is 7.67. The van der Waals surface area contributed by atoms with Gasteiger partial charge in [0.15, 0.2) is 0 Å². The number of amides is 1. The van der Waals surface area contributed by atoms with Crippen molar-refractivity contribution in [2.45, 2.75) is 32.2 Å². The number of benzene rings is 1. The van der Waals surface area contributed by atoms with Crippen LogP contribution in [-0.4, -0.2) is 30.4 Å². The van der Waals surface area contributed by atoms with Crippen LogP contribution in [0.1, 0.15) is 37.8 Å². The quantitative estimate of drug-likeness (QED) is 0.626. The molecule has 0 unspecified atom stereocenters. The number of quaternary nitrogens is 1. The average Bonchev–Trinajstić information content (AvgIpc) is 2.85. The molecule has 0 spiro atoms. The highest BCUT2D eigenvalue weighted by atomic mass is 16.4. The summed E-state index contributed by atoms with van der Waals surface area (Å²) >= 11 is 0. The van der Waals surface area contributed by atoms with Gasteiger partial charge in [0.2, 0.25) is 5.91 Å². The van der Waals surface area contributed by atoms with Crippen molar-refractivity contribution in [3.63, 3.8) is 0 Å². The number of nitrogens with zero attached hydrogens (tertiary/aromatic N) is 1. The first-order valence-electron chi connectivity index (χ1n) is 7.67. The summed E-state index contributed by atoms with van der Waals surface area (Å²) in [5, 5.41) is 10.8. The number of likely N-dealkylation sites (tertiary alicyclic amines) is 1. The Bertz CT molecular complexity index is 580. The molecule has 1 aliphatic rings. The van der Waals surface area contributed by atoms with Crippen molar-refractivity contribution in [2.24, 2.45) is 5.41 Å². The van der Waals surface area contributed by atoms with E-state index in [1.807, 2.05) is 6.07 Å². The molecule has 5 nitrogen and oxygen atoms in total. The highest BCUT2D eigenvalue weighted by molar-refractivity contribution is 6.02. The van der Waals surface area contributed by atoms with Crippen molar-refractivity contribution in [1.82, 2.24) is 4.90 Å². The number of carbonyl (C=O) groups excluding carboxylic acids is 2. The number of terminal acetylenes is 1. The Morgan fingerprint density at radius 3 is 2.48 bits per heavy atom. The van der Waals surface area contributed by atoms with Crippen LogP contribution in [0.4, 0.5) is 0 Å². The lowest BCUT2D eigenvalue weighted by Crippen LogP contribution is -2.53. The van der Waals surface area contributed by atoms with Gasteiger partial charge in [-0.3, -0.25) is 4.79 Å². The fourth-order valence-electron chi connectivity index (χ4n) is 2.49. The average molecular weight is 316 g/mol. The van der Waals surface area contributed by atoms with E-state index in [9.17, 15) is 14.7 Å². The zero-order valence-corrected chi connectivity index (χ0v) is 13.7. The molecule has 1 fully saturated rings. The predicted octanol–water partition coefficient (Wildman–Crippen LogP) is -0.0123. The molecule has 0 radical (unpaired) electrons. The normalized spacial score (nSPS) is 21.1. The van der Waals surface area contributed by atoms with Crippen LogP contribution in [0, 0.1) is 17.8 Å². The van der Waals surface area contributed by atoms with Crippen LogP contribution in [0.3, 0.4) is 0 Å². The second kappa shape index (κ2) is 8.35. The van der Waals surface area contributed by atoms with Gasteiger partial charge in [-0.2, -0.15) is 0 Å². The number of carboxylic acid groups (broad SMARTS) is 1. The van der Waals surface area contributed by atoms with Crippen LogP contribution in [0.15, 0.2) is 30.3 Å². The van der Waals surface area contributed by atoms with Crippen LogP contribution < -0.4 is 10.8 Å². The third-order valence-electron chi connectivity index (χ3n) is 4.19. The fourth-order valence-corrected chi connectivity index (χ4v) is 2.49. The summed E-state index contributed by atoms with van der Waals surface area (Å²) < 4.78 is 0. The molecule has 1 aromatic carbocycles. The van der Waals surface area contributed by atoms with Crippen LogP contribution >= 0.6 is 0 Å². The lowest BCUT2D eigenvalue weighted by Gasteiger charge is -2.25. The van der Waals surface area contributed by atoms with Crippen molar-refractivity contribution in [2.75, 3.05) is 13.6 Å². The number of aliphatic carboxylic acids is 1. The maximum atomic E-state index is 11.5. The molecule has 3 N–H and O–H groups in total. The standard InChI is InChI=1S/C9H11NO3.C9H13N/c1-3-4-9(8(12)13)5-6-10(2)7(9)11;1-2-9(10)8-6-4-3-5-7-8/h1H,4-6H2,2H3,(H,12,13);3-7,9H,2,10H2,1H3/t2*9-/m01/s1. The maximum absolute atomic E-state index is 11.5. The van der Waals surface area contributed by atoms with E-state index >= 15 is 0 Å². The molecule has 0 aromatic heterocycles. The summed E-state index contributed by atoms with van der Waals surface area (Å²) in [6.07, 6.45) is 6.30. The van der Waals surface area contributed by atoms with Crippen molar-refractivity contribution < 1.29 is 20.4 Å². The van der Waals surface area contributed by atoms with E-state index < -0.39 is 17.3 Å². The predicted molar refractivity (Wildman–Crippen MR) is 85.5 cm³/mol. The van der Waals surface area contributed by atoms with Crippen molar-refractivity contribution in [1.29, 1.82) is 0 Å². The summed E-state index contributed by atoms with van der Waals surface area (Å²) in [5.41, 5.74) is 3.90. The second-order valence-electron chi connectivity index (χ2n) is 5.74. The number of carboxylic acids is 1. The molecule has 2 rings (SSSR count). The van der Waals surface area contributed by atoms with E-state index in [-0.39, 0.29) is 12.8 Å². The monoisotopic (exact) mass is 316 g/mol. The topological polar surface area (TPSA) is 88.1 Å². The molecule has 5 heteroatoms. The minimum absolute atomic E-state index is 0.0848. The summed E-state index contributed by atoms with van der Waals surface area (Å²) in [7, 11) is 1.56. The number of rotatable bonds is 4. The number of hydrogen-bond acceptors (Lipinski definition) is 3. The Morgan fingerprint density at radius 2 is 2.09 bits per heavy atom. The largest absolute Gasteiger partial charge is 0.549 e. The molecule has 0 bridgehead atoms. The molecule has 2 atom stereocenters. The Hall–Kier alpha value is -2.32. The molecular formula is C18H24N2O3. The van der Waals surface area contributed by atoms with Crippen molar-refractivity contribution in [3.05, 3.63) is 35.9 Å². The highest BCUT2D eigenvalue weighted by Gasteiger charge is 2.46. The zero-order valence-electron chi connectivity index (χ0n) is 13.7. The smallest absolute Gasteiger partial charge is 0.235 e. The Labute approximate surface area is 137 Å². The summed E-state index contributed by atoms with van der Waals surface area (Å²) in [6, 6.07) is 10.9. The van der Waals surface area contributed by atoms with Gasteiger partial charge in [-0.25, -0.2) is 0 Å². The summed E-state index contributed by atoms with van der Waals surface area (Å²) in [4.78, 5) is 23.7. The Kier molecular flexibility index (Phi) is 6.80. The summed E-state index contributed by atoms with van der Waals surface area (Å²) in [6.45, 7) is 2.58. The van der Waals surface area contributed by atoms with E-state index in [2.05, 4.69) is 42.8 Å². The molecule has 1 aliphatic heterocycles. The minimum Gasteiger partial charge on any atom is -0.549 e. The van der Waals surface area contributed by atoms with Gasteiger partial charge in [-0.1, -0.05) is 37.3 Å². The maximum Gasteiger partial charge on any atom is 0.235 e. The molecule has 0 saturated carbocycles. The second-order valence-corrected chi connectivity index (χ2v) is 5.74. The van der Waals surface area contributed by atoms with Crippen molar-refractivity contribution in [3.8, 4) is 12.3 Å². The molecule has 1 aromatic rings. The van der Waals surface area contributed by atoms with Crippen LogP contribution in [0.25, 0.3) is 0 Å². The molecule has 23 heavy (non-hydrogen) atoms. The van der Waals surface area contributed by atoms with Gasteiger partial charge in [0.1, 0.15) is 11.5 Å². The Morgan fingerprint density at radius 1 is 1.48 bits per heavy atom. The molecule has 1 saturated heterocycles. The number of hydrogen-bond donors (Lipinski definition) is 1. The third-order valence-corrected chi connectivity index (χ3v) is 4.19. The summed E-state index contributed by atoms with van der Waals surface area (Å²) in [5.74, 6) is 0.414. The third kappa shape index (κ3) is 4.33. The minimum atomic E-state index is -1.47. The van der Waals surface area contributed by atoms with Gasteiger partial charge in [-0.15, -0.1) is 12.3 Å². The van der Waals surface area contributed by atoms with Gasteiger partial charge >= 0.3 is 0 Å². The van der Waals surface area contributed by atoms with Crippen LogP contribution in [-0.2, 0) is 9.59 Å². The van der Waals surface area contributed by atoms with Gasteiger partial charge in [0, 0.05) is 32.0 Å². The van der Waals surface area contributed by atoms with Gasteiger partial charge in [0.05, 0.1) is 5.97 Å². The molecular weight excluding hydrogens is 292 g/mol. The first-order chi connectivity index (χ1) is 10.9. The lowest BCUT2D eigenvalue weighted by molar-refractivity contribution is -0.427. The molecule has 0 aliphatic carbocycles. The van der Waals surface area contributed by atoms with Crippen molar-refractivity contribution >= 4 is 11.9 Å². The first kappa shape index (κ1) is 18.7. The van der Waals surface area contributed by atoms with E-state index in [0.717, 1.165) is 6.42 Å². The molecule has 1 heterocycles. The van der Waals surface area contributed by atoms with Crippen LogP contribution in [0.5, 0.6) is 0 Å². The van der Waals surface area contributed by atoms with Gasteiger partial charge in [0.25, 0.3) is 0 Å². The molecule has 1 amide bonds. The van der Waals surface area contributed by atoms with Crippen LogP contribution in [0.2, 0.25) is 0 Å². The van der Waals surface area contributed by atoms with E-state index in [4.69, 9.17) is 6.42 Å². The SMILES string of the molecule is C#CC[C@]1(C(=O)[O-])CCN(C)C1=O.CC[C@@H]([NH3+])c1ccccc1. The lowest BCUT2D eigenvalue weighted by atomic mass is 9.83. The molecule has 124 valence electrons. The Balaban J connectivity index is 0.000000238. The van der Waals surface area contributed by atoms with E-state index in [1.165, 1.54) is 10.5 Å². The van der Waals surface area contributed by atoms with Gasteiger partial charge < -0.3 is 20.5 Å².